The molecule has 0 aliphatic carbocycles. The Morgan fingerprint density at radius 2 is 2.06 bits per heavy atom. The Morgan fingerprint density at radius 3 is 2.86 bits per heavy atom. The summed E-state index contributed by atoms with van der Waals surface area (Å²) in [7, 11) is 0. The van der Waals surface area contributed by atoms with E-state index in [1.54, 1.807) is 6.20 Å². The van der Waals surface area contributed by atoms with E-state index in [0.29, 0.717) is 25.4 Å². The van der Waals surface area contributed by atoms with Crippen LogP contribution in [0, 0.1) is 0 Å². The van der Waals surface area contributed by atoms with Crippen molar-refractivity contribution < 1.29 is 9.53 Å². The molecule has 2 aliphatic rings. The van der Waals surface area contributed by atoms with Gasteiger partial charge in [0.15, 0.2) is 0 Å². The topological polar surface area (TPSA) is 95.8 Å². The molecule has 8 nitrogen and oxygen atoms in total. The second-order valence-corrected chi connectivity index (χ2v) is 8.77. The lowest BCUT2D eigenvalue weighted by molar-refractivity contribution is -0.111. The van der Waals surface area contributed by atoms with E-state index < -0.39 is 0 Å². The summed E-state index contributed by atoms with van der Waals surface area (Å²) in [4.78, 5) is 18.5. The lowest BCUT2D eigenvalue weighted by Crippen LogP contribution is -2.49. The van der Waals surface area contributed by atoms with Crippen LogP contribution in [0.5, 0.6) is 0 Å². The van der Waals surface area contributed by atoms with Gasteiger partial charge >= 0.3 is 0 Å². The zero-order valence-electron chi connectivity index (χ0n) is 20.0. The quantitative estimate of drug-likeness (QED) is 0.441. The number of amides is 1. The van der Waals surface area contributed by atoms with Gasteiger partial charge in [-0.3, -0.25) is 20.2 Å². The highest BCUT2D eigenvalue weighted by atomic mass is 16.5. The fourth-order valence-corrected chi connectivity index (χ4v) is 4.69. The summed E-state index contributed by atoms with van der Waals surface area (Å²) in [5, 5.41) is 4.93. The predicted octanol–water partition coefficient (Wildman–Crippen LogP) is 3.77. The number of morpholine rings is 1. The fourth-order valence-electron chi connectivity index (χ4n) is 4.69. The van der Waals surface area contributed by atoms with Gasteiger partial charge in [-0.15, -0.1) is 0 Å². The normalized spacial score (nSPS) is 18.9. The molecular formula is C28H30N6O2. The molecule has 0 spiro atoms. The fraction of sp³-hybridized carbons (Fsp3) is 0.214. The summed E-state index contributed by atoms with van der Waals surface area (Å²) < 4.78 is 5.59. The van der Waals surface area contributed by atoms with Crippen LogP contribution in [0.1, 0.15) is 22.7 Å². The number of hydrazine groups is 1. The number of carbonyl (C=O) groups is 1. The van der Waals surface area contributed by atoms with Gasteiger partial charge in [0.25, 0.3) is 0 Å². The molecule has 184 valence electrons. The van der Waals surface area contributed by atoms with Crippen LogP contribution in [0.15, 0.2) is 85.8 Å². The van der Waals surface area contributed by atoms with Crippen molar-refractivity contribution in [1.29, 1.82) is 0 Å². The average molecular weight is 483 g/mol. The molecule has 2 aromatic carbocycles. The molecule has 1 aromatic heterocycles. The van der Waals surface area contributed by atoms with Crippen molar-refractivity contribution in [2.75, 3.05) is 41.9 Å². The van der Waals surface area contributed by atoms with Crippen LogP contribution in [-0.2, 0) is 9.53 Å². The van der Waals surface area contributed by atoms with Crippen molar-refractivity contribution in [3.8, 4) is 0 Å². The summed E-state index contributed by atoms with van der Waals surface area (Å²) in [6, 6.07) is 18.3. The molecule has 8 heteroatoms. The monoisotopic (exact) mass is 482 g/mol. The van der Waals surface area contributed by atoms with Crippen LogP contribution in [0.4, 0.5) is 17.1 Å². The molecule has 4 N–H and O–H groups in total. The van der Waals surface area contributed by atoms with E-state index in [9.17, 15) is 4.79 Å². The molecule has 1 amide bonds. The van der Waals surface area contributed by atoms with Gasteiger partial charge in [-0.25, -0.2) is 0 Å². The Bertz CT molecular complexity index is 1260. The van der Waals surface area contributed by atoms with Crippen molar-refractivity contribution in [1.82, 2.24) is 9.99 Å². The maximum atomic E-state index is 11.9. The van der Waals surface area contributed by atoms with Gasteiger partial charge in [0.1, 0.15) is 6.04 Å². The minimum Gasteiger partial charge on any atom is -0.377 e. The number of carbonyl (C=O) groups excluding carboxylic acids is 1. The Morgan fingerprint density at radius 1 is 1.19 bits per heavy atom. The molecule has 3 heterocycles. The zero-order chi connectivity index (χ0) is 24.9. The van der Waals surface area contributed by atoms with Crippen LogP contribution >= 0.6 is 0 Å². The van der Waals surface area contributed by atoms with Crippen LogP contribution in [-0.4, -0.2) is 48.2 Å². The Labute approximate surface area is 211 Å². The molecule has 0 saturated carbocycles. The summed E-state index contributed by atoms with van der Waals surface area (Å²) in [6.45, 7) is 6.28. The predicted molar refractivity (Wildman–Crippen MR) is 143 cm³/mol. The van der Waals surface area contributed by atoms with Gasteiger partial charge in [0.05, 0.1) is 24.9 Å². The first-order chi connectivity index (χ1) is 17.7. The van der Waals surface area contributed by atoms with E-state index >= 15 is 0 Å². The van der Waals surface area contributed by atoms with Crippen LogP contribution in [0.3, 0.4) is 0 Å². The van der Waals surface area contributed by atoms with Gasteiger partial charge in [0.2, 0.25) is 5.91 Å². The average Bonchev–Trinajstić information content (AvgIpc) is 2.93. The molecule has 0 bridgehead atoms. The molecule has 36 heavy (non-hydrogen) atoms. The molecule has 1 saturated heterocycles. The molecule has 0 radical (unpaired) electrons. The van der Waals surface area contributed by atoms with E-state index in [1.807, 2.05) is 42.7 Å². The Kier molecular flexibility index (Phi) is 6.97. The highest BCUT2D eigenvalue weighted by Crippen LogP contribution is 2.36. The number of benzene rings is 2. The van der Waals surface area contributed by atoms with Gasteiger partial charge in [0, 0.05) is 43.1 Å². The SMILES string of the molecule is C=CC(=O)Nc1cccc([C@H]2c3ccncc3C=CN2Nc2ccc(N3CCOCC3CN)cc2)c1. The second kappa shape index (κ2) is 10.6. The van der Waals surface area contributed by atoms with Crippen LogP contribution in [0.2, 0.25) is 0 Å². The minimum absolute atomic E-state index is 0.130. The van der Waals surface area contributed by atoms with E-state index in [0.717, 1.165) is 34.6 Å². The number of nitrogens with zero attached hydrogens (tertiary/aromatic N) is 3. The molecule has 5 rings (SSSR count). The Hall–Kier alpha value is -4.14. The first-order valence-electron chi connectivity index (χ1n) is 12.0. The Balaban J connectivity index is 1.42. The van der Waals surface area contributed by atoms with E-state index in [-0.39, 0.29) is 18.0 Å². The molecule has 2 aliphatic heterocycles. The minimum atomic E-state index is -0.243. The summed E-state index contributed by atoms with van der Waals surface area (Å²) in [5.41, 5.74) is 15.5. The number of fused-ring (bicyclic) bond motifs is 1. The van der Waals surface area contributed by atoms with Crippen LogP contribution in [0.25, 0.3) is 6.08 Å². The number of pyridine rings is 1. The summed E-state index contributed by atoms with van der Waals surface area (Å²) in [6.07, 6.45) is 9.00. The number of nitrogens with one attached hydrogen (secondary N) is 2. The lowest BCUT2D eigenvalue weighted by Gasteiger charge is -2.37. The number of rotatable bonds is 7. The molecular weight excluding hydrogens is 452 g/mol. The van der Waals surface area contributed by atoms with Crippen molar-refractivity contribution in [2.45, 2.75) is 12.1 Å². The highest BCUT2D eigenvalue weighted by Gasteiger charge is 2.26. The third kappa shape index (κ3) is 4.95. The zero-order valence-corrected chi connectivity index (χ0v) is 20.0. The van der Waals surface area contributed by atoms with Gasteiger partial charge < -0.3 is 20.7 Å². The highest BCUT2D eigenvalue weighted by molar-refractivity contribution is 5.98. The lowest BCUT2D eigenvalue weighted by atomic mass is 9.93. The third-order valence-electron chi connectivity index (χ3n) is 6.49. The van der Waals surface area contributed by atoms with Crippen molar-refractivity contribution in [2.24, 2.45) is 5.73 Å². The standard InChI is InChI=1S/C28H30N6O2/c1-2-27(35)31-23-5-3-4-20(16-23)28-26-10-12-30-18-21(26)11-13-34(28)32-22-6-8-24(9-7-22)33-14-15-36-19-25(33)17-29/h2-13,16,18,25,28,32H,1,14-15,17,19,29H2,(H,31,35)/t25?,28-/m0/s1. The van der Waals surface area contributed by atoms with Crippen molar-refractivity contribution >= 4 is 29.0 Å². The number of hydrogen-bond acceptors (Lipinski definition) is 7. The van der Waals surface area contributed by atoms with E-state index in [4.69, 9.17) is 10.5 Å². The van der Waals surface area contributed by atoms with Crippen molar-refractivity contribution in [3.05, 3.63) is 103 Å². The first kappa shape index (κ1) is 23.6. The van der Waals surface area contributed by atoms with Gasteiger partial charge in [-0.05, 0) is 71.3 Å². The summed E-state index contributed by atoms with van der Waals surface area (Å²) in [5.74, 6) is -0.243. The first-order valence-corrected chi connectivity index (χ1v) is 12.0. The van der Waals surface area contributed by atoms with E-state index in [1.165, 1.54) is 6.08 Å². The van der Waals surface area contributed by atoms with Gasteiger partial charge in [-0.1, -0.05) is 18.7 Å². The number of aromatic nitrogens is 1. The molecule has 2 atom stereocenters. The molecule has 1 fully saturated rings. The largest absolute Gasteiger partial charge is 0.377 e. The number of anilines is 3. The maximum Gasteiger partial charge on any atom is 0.247 e. The number of hydrogen-bond donors (Lipinski definition) is 3. The smallest absolute Gasteiger partial charge is 0.247 e. The summed E-state index contributed by atoms with van der Waals surface area (Å²) >= 11 is 0. The maximum absolute atomic E-state index is 11.9. The van der Waals surface area contributed by atoms with Crippen LogP contribution < -0.4 is 21.4 Å². The molecule has 3 aromatic rings. The number of nitrogens with two attached hydrogens (primary N) is 1. The van der Waals surface area contributed by atoms with Gasteiger partial charge in [-0.2, -0.15) is 0 Å². The van der Waals surface area contributed by atoms with Crippen molar-refractivity contribution in [3.63, 3.8) is 0 Å². The number of ether oxygens (including phenoxy) is 1. The second-order valence-electron chi connectivity index (χ2n) is 8.77. The molecule has 1 unspecified atom stereocenters. The van der Waals surface area contributed by atoms with E-state index in [2.05, 4.69) is 62.5 Å². The third-order valence-corrected chi connectivity index (χ3v) is 6.49.